The highest BCUT2D eigenvalue weighted by atomic mass is 16.2. The zero-order chi connectivity index (χ0) is 17.4. The molecule has 25 heavy (non-hydrogen) atoms. The molecule has 2 N–H and O–H groups in total. The van der Waals surface area contributed by atoms with Crippen molar-refractivity contribution in [2.75, 3.05) is 6.54 Å². The van der Waals surface area contributed by atoms with Crippen molar-refractivity contribution in [3.63, 3.8) is 0 Å². The fourth-order valence-electron chi connectivity index (χ4n) is 3.96. The molecule has 0 bridgehead atoms. The molecule has 1 aromatic heterocycles. The van der Waals surface area contributed by atoms with Crippen LogP contribution in [0.2, 0.25) is 0 Å². The van der Waals surface area contributed by atoms with Crippen LogP contribution < -0.4 is 10.6 Å². The number of piperidine rings is 1. The summed E-state index contributed by atoms with van der Waals surface area (Å²) < 4.78 is 0. The highest BCUT2D eigenvalue weighted by molar-refractivity contribution is 6.09. The van der Waals surface area contributed by atoms with Crippen LogP contribution in [0.15, 0.2) is 24.3 Å². The number of hydrogen-bond acceptors (Lipinski definition) is 3. The van der Waals surface area contributed by atoms with Gasteiger partial charge in [-0.15, -0.1) is 0 Å². The van der Waals surface area contributed by atoms with Crippen LogP contribution in [0.1, 0.15) is 47.8 Å². The van der Waals surface area contributed by atoms with Crippen LogP contribution in [-0.2, 0) is 17.6 Å². The SMILES string of the molecule is C[C@H]1CCc2nc3ccccc3c(C(=O)N[C@@H]3CCCNC3=O)c2C1. The molecule has 5 nitrogen and oxygen atoms in total. The van der Waals surface area contributed by atoms with Gasteiger partial charge in [-0.2, -0.15) is 0 Å². The highest BCUT2D eigenvalue weighted by Gasteiger charge is 2.29. The van der Waals surface area contributed by atoms with Gasteiger partial charge in [-0.05, 0) is 49.7 Å². The van der Waals surface area contributed by atoms with E-state index in [9.17, 15) is 9.59 Å². The van der Waals surface area contributed by atoms with Gasteiger partial charge in [0, 0.05) is 17.6 Å². The molecule has 130 valence electrons. The van der Waals surface area contributed by atoms with Gasteiger partial charge in [0.2, 0.25) is 5.91 Å². The molecule has 1 fully saturated rings. The predicted molar refractivity (Wildman–Crippen MR) is 96.4 cm³/mol. The van der Waals surface area contributed by atoms with Crippen molar-refractivity contribution in [2.45, 2.75) is 45.1 Å². The number of aryl methyl sites for hydroxylation is 1. The fourth-order valence-corrected chi connectivity index (χ4v) is 3.96. The van der Waals surface area contributed by atoms with E-state index in [-0.39, 0.29) is 11.8 Å². The van der Waals surface area contributed by atoms with Crippen molar-refractivity contribution >= 4 is 22.7 Å². The van der Waals surface area contributed by atoms with E-state index in [4.69, 9.17) is 4.98 Å². The Morgan fingerprint density at radius 1 is 1.28 bits per heavy atom. The smallest absolute Gasteiger partial charge is 0.252 e. The summed E-state index contributed by atoms with van der Waals surface area (Å²) >= 11 is 0. The zero-order valence-electron chi connectivity index (χ0n) is 14.5. The van der Waals surface area contributed by atoms with Crippen LogP contribution in [0, 0.1) is 5.92 Å². The summed E-state index contributed by atoms with van der Waals surface area (Å²) in [5.74, 6) is 0.311. The van der Waals surface area contributed by atoms with E-state index < -0.39 is 6.04 Å². The van der Waals surface area contributed by atoms with Gasteiger partial charge in [0.15, 0.2) is 0 Å². The number of hydrogen-bond donors (Lipinski definition) is 2. The van der Waals surface area contributed by atoms with Crippen LogP contribution in [0.25, 0.3) is 10.9 Å². The molecule has 1 aliphatic heterocycles. The number of aromatic nitrogens is 1. The number of carbonyl (C=O) groups excluding carboxylic acids is 2. The van der Waals surface area contributed by atoms with Gasteiger partial charge >= 0.3 is 0 Å². The van der Waals surface area contributed by atoms with E-state index in [1.165, 1.54) is 0 Å². The minimum absolute atomic E-state index is 0.0832. The molecule has 0 saturated carbocycles. The molecule has 1 aromatic carbocycles. The summed E-state index contributed by atoms with van der Waals surface area (Å²) in [6, 6.07) is 7.36. The number of rotatable bonds is 2. The molecule has 2 aliphatic rings. The molecule has 2 atom stereocenters. The molecular weight excluding hydrogens is 314 g/mol. The summed E-state index contributed by atoms with van der Waals surface area (Å²) in [6.45, 7) is 2.91. The van der Waals surface area contributed by atoms with Crippen LogP contribution in [0.5, 0.6) is 0 Å². The maximum absolute atomic E-state index is 13.1. The van der Waals surface area contributed by atoms with Crippen molar-refractivity contribution in [3.05, 3.63) is 41.1 Å². The van der Waals surface area contributed by atoms with Crippen LogP contribution in [0.3, 0.4) is 0 Å². The lowest BCUT2D eigenvalue weighted by Gasteiger charge is -2.26. The van der Waals surface area contributed by atoms with Crippen LogP contribution >= 0.6 is 0 Å². The molecule has 0 spiro atoms. The summed E-state index contributed by atoms with van der Waals surface area (Å²) in [4.78, 5) is 30.0. The summed E-state index contributed by atoms with van der Waals surface area (Å²) in [6.07, 6.45) is 4.46. The van der Waals surface area contributed by atoms with E-state index in [2.05, 4.69) is 17.6 Å². The first kappa shape index (κ1) is 16.1. The van der Waals surface area contributed by atoms with E-state index in [1.54, 1.807) is 0 Å². The monoisotopic (exact) mass is 337 g/mol. The molecule has 1 saturated heterocycles. The largest absolute Gasteiger partial charge is 0.354 e. The Labute approximate surface area is 147 Å². The minimum atomic E-state index is -0.440. The van der Waals surface area contributed by atoms with Crippen LogP contribution in [0.4, 0.5) is 0 Å². The number of amides is 2. The summed E-state index contributed by atoms with van der Waals surface area (Å²) in [7, 11) is 0. The van der Waals surface area contributed by atoms with Crippen molar-refractivity contribution < 1.29 is 9.59 Å². The molecule has 2 heterocycles. The van der Waals surface area contributed by atoms with Crippen molar-refractivity contribution in [2.24, 2.45) is 5.92 Å². The third-order valence-corrected chi connectivity index (χ3v) is 5.32. The molecule has 1 aliphatic carbocycles. The van der Waals surface area contributed by atoms with Gasteiger partial charge in [0.25, 0.3) is 5.91 Å². The Kier molecular flexibility index (Phi) is 4.15. The maximum atomic E-state index is 13.1. The van der Waals surface area contributed by atoms with Crippen molar-refractivity contribution in [1.29, 1.82) is 0 Å². The highest BCUT2D eigenvalue weighted by Crippen LogP contribution is 2.31. The lowest BCUT2D eigenvalue weighted by molar-refractivity contribution is -0.124. The second-order valence-corrected chi connectivity index (χ2v) is 7.24. The third-order valence-electron chi connectivity index (χ3n) is 5.32. The minimum Gasteiger partial charge on any atom is -0.354 e. The molecule has 4 rings (SSSR count). The number of para-hydroxylation sites is 1. The Morgan fingerprint density at radius 3 is 2.96 bits per heavy atom. The molecular formula is C20H23N3O2. The molecule has 2 amide bonds. The normalized spacial score (nSPS) is 23.0. The third kappa shape index (κ3) is 2.99. The van der Waals surface area contributed by atoms with Gasteiger partial charge in [-0.1, -0.05) is 25.1 Å². The Balaban J connectivity index is 1.77. The Bertz CT molecular complexity index is 846. The lowest BCUT2D eigenvalue weighted by Crippen LogP contribution is -2.50. The maximum Gasteiger partial charge on any atom is 0.252 e. The Morgan fingerprint density at radius 2 is 2.12 bits per heavy atom. The molecule has 2 aromatic rings. The standard InChI is InChI=1S/C20H23N3O2/c1-12-8-9-16-14(11-12)18(13-5-2-3-6-15(13)22-16)20(25)23-17-7-4-10-21-19(17)24/h2-3,5-6,12,17H,4,7-11H2,1H3,(H,21,24)(H,23,25)/t12-,17+/m0/s1. The topological polar surface area (TPSA) is 71.1 Å². The average Bonchev–Trinajstić information content (AvgIpc) is 2.61. The number of nitrogens with one attached hydrogen (secondary N) is 2. The zero-order valence-corrected chi connectivity index (χ0v) is 14.5. The second-order valence-electron chi connectivity index (χ2n) is 7.24. The van der Waals surface area contributed by atoms with Crippen molar-refractivity contribution in [3.8, 4) is 0 Å². The van der Waals surface area contributed by atoms with Crippen molar-refractivity contribution in [1.82, 2.24) is 15.6 Å². The number of nitrogens with zero attached hydrogens (tertiary/aromatic N) is 1. The Hall–Kier alpha value is -2.43. The number of fused-ring (bicyclic) bond motifs is 2. The number of carbonyl (C=O) groups is 2. The van der Waals surface area contributed by atoms with Gasteiger partial charge in [-0.25, -0.2) is 0 Å². The second kappa shape index (κ2) is 6.47. The van der Waals surface area contributed by atoms with E-state index in [1.807, 2.05) is 24.3 Å². The number of pyridine rings is 1. The fraction of sp³-hybridized carbons (Fsp3) is 0.450. The van der Waals surface area contributed by atoms with Gasteiger partial charge < -0.3 is 10.6 Å². The summed E-state index contributed by atoms with van der Waals surface area (Å²) in [5.41, 5.74) is 3.67. The lowest BCUT2D eigenvalue weighted by atomic mass is 9.84. The van der Waals surface area contributed by atoms with Gasteiger partial charge in [0.05, 0.1) is 11.1 Å². The summed E-state index contributed by atoms with van der Waals surface area (Å²) in [5, 5.41) is 6.67. The predicted octanol–water partition coefficient (Wildman–Crippen LogP) is 2.37. The quantitative estimate of drug-likeness (QED) is 0.884. The van der Waals surface area contributed by atoms with Crippen LogP contribution in [-0.4, -0.2) is 29.4 Å². The average molecular weight is 337 g/mol. The first-order valence-corrected chi connectivity index (χ1v) is 9.12. The molecule has 0 unspecified atom stereocenters. The van der Waals surface area contributed by atoms with Gasteiger partial charge in [-0.3, -0.25) is 14.6 Å². The number of benzene rings is 1. The first-order chi connectivity index (χ1) is 12.1. The van der Waals surface area contributed by atoms with E-state index >= 15 is 0 Å². The van der Waals surface area contributed by atoms with E-state index in [0.717, 1.165) is 47.8 Å². The molecule has 5 heteroatoms. The van der Waals surface area contributed by atoms with E-state index in [0.29, 0.717) is 24.4 Å². The molecule has 0 radical (unpaired) electrons. The van der Waals surface area contributed by atoms with Gasteiger partial charge in [0.1, 0.15) is 6.04 Å². The first-order valence-electron chi connectivity index (χ1n) is 9.12.